The fraction of sp³-hybridized carbons (Fsp3) is 0.323. The molecule has 2 aliphatic heterocycles. The lowest BCUT2D eigenvalue weighted by Crippen LogP contribution is -2.47. The van der Waals surface area contributed by atoms with Crippen molar-refractivity contribution in [2.24, 2.45) is 4.99 Å². The van der Waals surface area contributed by atoms with E-state index in [-0.39, 0.29) is 36.0 Å². The van der Waals surface area contributed by atoms with Gasteiger partial charge in [-0.3, -0.25) is 14.6 Å². The van der Waals surface area contributed by atoms with Crippen molar-refractivity contribution in [1.82, 2.24) is 21.5 Å². The van der Waals surface area contributed by atoms with Crippen LogP contribution >= 0.6 is 11.6 Å². The molecule has 1 fully saturated rings. The predicted molar refractivity (Wildman–Crippen MR) is 165 cm³/mol. The second-order valence-electron chi connectivity index (χ2n) is 10.4. The smallest absolute Gasteiger partial charge is 0.255 e. The van der Waals surface area contributed by atoms with Crippen LogP contribution in [-0.2, 0) is 4.79 Å². The third-order valence-corrected chi connectivity index (χ3v) is 7.79. The van der Waals surface area contributed by atoms with Crippen LogP contribution in [0.2, 0.25) is 5.02 Å². The molecule has 0 radical (unpaired) electrons. The average Bonchev–Trinajstić information content (AvgIpc) is 3.33. The molecule has 3 aromatic carbocycles. The monoisotopic (exact) mass is 606 g/mol. The molecule has 3 unspecified atom stereocenters. The first-order valence-electron chi connectivity index (χ1n) is 14.1. The van der Waals surface area contributed by atoms with E-state index in [1.807, 2.05) is 49.4 Å². The largest absolute Gasteiger partial charge is 0.504 e. The van der Waals surface area contributed by atoms with Gasteiger partial charge in [0, 0.05) is 34.9 Å². The first-order valence-corrected chi connectivity index (χ1v) is 14.5. The van der Waals surface area contributed by atoms with Gasteiger partial charge in [0.15, 0.2) is 11.5 Å². The highest BCUT2D eigenvalue weighted by atomic mass is 35.5. The number of ether oxygens (including phenoxy) is 1. The number of aromatic hydroxyl groups is 2. The number of para-hydroxylation sites is 1. The molecule has 11 nitrogen and oxygen atoms in total. The average molecular weight is 607 g/mol. The molecule has 3 atom stereocenters. The summed E-state index contributed by atoms with van der Waals surface area (Å²) in [6.45, 7) is 2.83. The second-order valence-corrected chi connectivity index (χ2v) is 10.9. The number of anilines is 1. The van der Waals surface area contributed by atoms with E-state index in [0.29, 0.717) is 36.7 Å². The van der Waals surface area contributed by atoms with Gasteiger partial charge in [0.1, 0.15) is 11.9 Å². The number of benzene rings is 3. The topological polar surface area (TPSA) is 148 Å². The molecule has 2 aliphatic rings. The molecule has 0 aromatic heterocycles. The molecule has 3 aromatic rings. The molecule has 6 N–H and O–H groups in total. The number of nitrogens with one attached hydrogen (secondary N) is 4. The van der Waals surface area contributed by atoms with Crippen LogP contribution in [0.3, 0.4) is 0 Å². The summed E-state index contributed by atoms with van der Waals surface area (Å²) in [4.78, 5) is 32.8. The number of aliphatic imine (C=N–C) groups is 1. The number of halogens is 1. The Morgan fingerprint density at radius 1 is 1.02 bits per heavy atom. The Morgan fingerprint density at radius 3 is 2.51 bits per heavy atom. The third-order valence-electron chi connectivity index (χ3n) is 7.54. The van der Waals surface area contributed by atoms with Crippen molar-refractivity contribution in [2.45, 2.75) is 44.6 Å². The van der Waals surface area contributed by atoms with Gasteiger partial charge in [0.25, 0.3) is 5.91 Å². The Kier molecular flexibility index (Phi) is 9.34. The SMILES string of the molecule is COc1ccc2c(c1)C(c1ccc(Cl)cc1)=NC(CC(=O)NCCCCNC(=O)c1cccc(O)c1O)C1NNC(C)N21. The summed E-state index contributed by atoms with van der Waals surface area (Å²) in [6, 6.07) is 17.2. The zero-order valence-electron chi connectivity index (χ0n) is 23.9. The summed E-state index contributed by atoms with van der Waals surface area (Å²) in [5, 5.41) is 25.8. The number of phenolic OH excluding ortho intramolecular Hbond substituents is 2. The summed E-state index contributed by atoms with van der Waals surface area (Å²) < 4.78 is 5.54. The minimum atomic E-state index is -0.477. The zero-order chi connectivity index (χ0) is 30.5. The second kappa shape index (κ2) is 13.3. The van der Waals surface area contributed by atoms with Crippen molar-refractivity contribution in [3.8, 4) is 17.2 Å². The highest BCUT2D eigenvalue weighted by molar-refractivity contribution is 6.30. The summed E-state index contributed by atoms with van der Waals surface area (Å²) >= 11 is 6.18. The first kappa shape index (κ1) is 30.1. The van der Waals surface area contributed by atoms with Gasteiger partial charge in [-0.2, -0.15) is 0 Å². The Bertz CT molecular complexity index is 1520. The number of methoxy groups -OCH3 is 1. The molecule has 0 saturated carbocycles. The Morgan fingerprint density at radius 2 is 1.77 bits per heavy atom. The van der Waals surface area contributed by atoms with Gasteiger partial charge in [-0.25, -0.2) is 10.9 Å². The van der Waals surface area contributed by atoms with Crippen LogP contribution in [0.4, 0.5) is 5.69 Å². The minimum absolute atomic E-state index is 0.00852. The van der Waals surface area contributed by atoms with Crippen molar-refractivity contribution in [2.75, 3.05) is 25.1 Å². The normalized spacial score (nSPS) is 19.1. The number of carbonyl (C=O) groups is 2. The van der Waals surface area contributed by atoms with E-state index in [9.17, 15) is 19.8 Å². The molecule has 2 heterocycles. The number of nitrogens with zero attached hydrogens (tertiary/aromatic N) is 2. The van der Waals surface area contributed by atoms with Crippen LogP contribution in [0, 0.1) is 0 Å². The van der Waals surface area contributed by atoms with Gasteiger partial charge >= 0.3 is 0 Å². The number of rotatable bonds is 10. The van der Waals surface area contributed by atoms with Crippen LogP contribution in [0.25, 0.3) is 0 Å². The number of hydrazine groups is 1. The summed E-state index contributed by atoms with van der Waals surface area (Å²) in [5.41, 5.74) is 10.1. The molecule has 5 rings (SSSR count). The predicted octanol–water partition coefficient (Wildman–Crippen LogP) is 3.28. The van der Waals surface area contributed by atoms with E-state index >= 15 is 0 Å². The van der Waals surface area contributed by atoms with Gasteiger partial charge in [-0.15, -0.1) is 0 Å². The zero-order valence-corrected chi connectivity index (χ0v) is 24.7. The molecule has 0 aliphatic carbocycles. The summed E-state index contributed by atoms with van der Waals surface area (Å²) in [5.74, 6) is -0.706. The van der Waals surface area contributed by atoms with E-state index in [2.05, 4.69) is 26.4 Å². The first-order chi connectivity index (χ1) is 20.8. The maximum atomic E-state index is 13.1. The van der Waals surface area contributed by atoms with E-state index in [0.717, 1.165) is 22.5 Å². The Labute approximate surface area is 254 Å². The van der Waals surface area contributed by atoms with Crippen LogP contribution < -0.4 is 31.1 Å². The van der Waals surface area contributed by atoms with Crippen LogP contribution in [0.15, 0.2) is 65.7 Å². The number of hydrogen-bond acceptors (Lipinski definition) is 9. The standard InChI is InChI=1S/C31H35ClN6O5/c1-18-36-37-30-24(17-27(40)33-14-3-4-15-34-31(42)22-6-5-7-26(39)29(22)41)35-28(19-8-10-20(32)11-9-19)23-16-21(43-2)12-13-25(23)38(18)30/h5-13,16,18,24,30,36-37,39,41H,3-4,14-15,17H2,1-2H3,(H,33,40)(H,34,42). The fourth-order valence-corrected chi connectivity index (χ4v) is 5.46. The quantitative estimate of drug-likeness (QED) is 0.152. The summed E-state index contributed by atoms with van der Waals surface area (Å²) in [7, 11) is 1.63. The Balaban J connectivity index is 1.25. The number of amides is 2. The lowest BCUT2D eigenvalue weighted by Gasteiger charge is -2.31. The van der Waals surface area contributed by atoms with Gasteiger partial charge in [-0.05, 0) is 62.2 Å². The number of carbonyl (C=O) groups excluding carboxylic acids is 2. The van der Waals surface area contributed by atoms with Crippen LogP contribution in [0.1, 0.15) is 47.7 Å². The van der Waals surface area contributed by atoms with Crippen molar-refractivity contribution in [3.05, 3.63) is 82.4 Å². The van der Waals surface area contributed by atoms with Gasteiger partial charge in [-0.1, -0.05) is 29.8 Å². The van der Waals surface area contributed by atoms with E-state index in [1.165, 1.54) is 18.2 Å². The highest BCUT2D eigenvalue weighted by Crippen LogP contribution is 2.36. The lowest BCUT2D eigenvalue weighted by atomic mass is 9.99. The van der Waals surface area contributed by atoms with Gasteiger partial charge in [0.2, 0.25) is 5.91 Å². The minimum Gasteiger partial charge on any atom is -0.504 e. The Hall–Kier alpha value is -4.32. The van der Waals surface area contributed by atoms with Crippen LogP contribution in [-0.4, -0.2) is 66.3 Å². The fourth-order valence-electron chi connectivity index (χ4n) is 5.34. The lowest BCUT2D eigenvalue weighted by molar-refractivity contribution is -0.121. The molecule has 0 spiro atoms. The molecule has 226 valence electrons. The molecule has 0 bridgehead atoms. The van der Waals surface area contributed by atoms with Gasteiger partial charge < -0.3 is 30.5 Å². The van der Waals surface area contributed by atoms with E-state index < -0.39 is 17.7 Å². The maximum absolute atomic E-state index is 13.1. The number of hydrogen-bond donors (Lipinski definition) is 6. The third kappa shape index (κ3) is 6.69. The van der Waals surface area contributed by atoms with E-state index in [4.69, 9.17) is 21.3 Å². The molecular formula is C31H35ClN6O5. The molecule has 12 heteroatoms. The number of fused-ring (bicyclic) bond motifs is 3. The van der Waals surface area contributed by atoms with E-state index in [1.54, 1.807) is 7.11 Å². The van der Waals surface area contributed by atoms with Crippen molar-refractivity contribution < 1.29 is 24.5 Å². The molecule has 43 heavy (non-hydrogen) atoms. The van der Waals surface area contributed by atoms with Crippen molar-refractivity contribution >= 4 is 34.8 Å². The summed E-state index contributed by atoms with van der Waals surface area (Å²) in [6.07, 6.45) is 1.07. The maximum Gasteiger partial charge on any atom is 0.255 e. The number of unbranched alkanes of at least 4 members (excludes halogenated alkanes) is 1. The molecule has 1 saturated heterocycles. The van der Waals surface area contributed by atoms with Gasteiger partial charge in [0.05, 0.1) is 37.0 Å². The highest BCUT2D eigenvalue weighted by Gasteiger charge is 2.40. The molecular weight excluding hydrogens is 572 g/mol. The van der Waals surface area contributed by atoms with Crippen molar-refractivity contribution in [1.29, 1.82) is 0 Å². The molecule has 2 amide bonds. The van der Waals surface area contributed by atoms with Crippen molar-refractivity contribution in [3.63, 3.8) is 0 Å². The van der Waals surface area contributed by atoms with Crippen LogP contribution in [0.5, 0.6) is 17.2 Å². The number of phenols is 2.